The van der Waals surface area contributed by atoms with Crippen molar-refractivity contribution in [3.8, 4) is 5.88 Å². The first-order chi connectivity index (χ1) is 14.4. The number of amides is 1. The quantitative estimate of drug-likeness (QED) is 0.607. The minimum absolute atomic E-state index is 0.118. The summed E-state index contributed by atoms with van der Waals surface area (Å²) in [5.41, 5.74) is 3.27. The number of pyridine rings is 2. The lowest BCUT2D eigenvalue weighted by Crippen LogP contribution is -2.41. The summed E-state index contributed by atoms with van der Waals surface area (Å²) in [7, 11) is 1.78. The summed E-state index contributed by atoms with van der Waals surface area (Å²) in [4.78, 5) is 20.1. The van der Waals surface area contributed by atoms with E-state index >= 15 is 0 Å². The molecular formula is C20H22F3N5O2. The summed E-state index contributed by atoms with van der Waals surface area (Å²) in [5, 5.41) is 9.21. The van der Waals surface area contributed by atoms with Gasteiger partial charge in [-0.1, -0.05) is 0 Å². The zero-order valence-corrected chi connectivity index (χ0v) is 16.5. The van der Waals surface area contributed by atoms with E-state index in [2.05, 4.69) is 30.7 Å². The van der Waals surface area contributed by atoms with Crippen LogP contribution in [0.1, 0.15) is 24.6 Å². The highest BCUT2D eigenvalue weighted by Crippen LogP contribution is 2.22. The summed E-state index contributed by atoms with van der Waals surface area (Å²) < 4.78 is 42.4. The fourth-order valence-electron chi connectivity index (χ4n) is 3.17. The first-order valence-electron chi connectivity index (χ1n) is 9.37. The number of aromatic nitrogens is 2. The predicted octanol–water partition coefficient (Wildman–Crippen LogP) is 2.60. The van der Waals surface area contributed by atoms with Crippen molar-refractivity contribution < 1.29 is 22.7 Å². The molecule has 2 aromatic rings. The zero-order chi connectivity index (χ0) is 21.7. The molecule has 1 unspecified atom stereocenters. The lowest BCUT2D eigenvalue weighted by atomic mass is 10.00. The van der Waals surface area contributed by atoms with Gasteiger partial charge < -0.3 is 20.7 Å². The lowest BCUT2D eigenvalue weighted by Gasteiger charge is -2.25. The van der Waals surface area contributed by atoms with Gasteiger partial charge >= 0.3 is 6.61 Å². The number of anilines is 1. The van der Waals surface area contributed by atoms with Gasteiger partial charge in [0.2, 0.25) is 0 Å². The Balaban J connectivity index is 1.78. The number of halogens is 3. The topological polar surface area (TPSA) is 88.2 Å². The minimum Gasteiger partial charge on any atom is -0.414 e. The highest BCUT2D eigenvalue weighted by molar-refractivity contribution is 5.96. The summed E-state index contributed by atoms with van der Waals surface area (Å²) in [5.74, 6) is -1.83. The number of nitrogens with one attached hydrogen (secondary N) is 3. The Kier molecular flexibility index (Phi) is 6.88. The maximum Gasteiger partial charge on any atom is 0.388 e. The third-order valence-electron chi connectivity index (χ3n) is 4.66. The molecule has 1 amide bonds. The van der Waals surface area contributed by atoms with E-state index in [1.807, 2.05) is 6.92 Å². The molecule has 0 bridgehead atoms. The molecule has 0 saturated heterocycles. The van der Waals surface area contributed by atoms with E-state index in [0.29, 0.717) is 29.8 Å². The highest BCUT2D eigenvalue weighted by atomic mass is 19.3. The van der Waals surface area contributed by atoms with Gasteiger partial charge in [0.25, 0.3) is 11.8 Å². The molecule has 0 saturated carbocycles. The molecule has 1 aliphatic heterocycles. The number of hydrogen-bond donors (Lipinski definition) is 3. The van der Waals surface area contributed by atoms with E-state index in [9.17, 15) is 18.0 Å². The number of hydrogen-bond acceptors (Lipinski definition) is 6. The predicted molar refractivity (Wildman–Crippen MR) is 105 cm³/mol. The first kappa shape index (κ1) is 21.6. The second kappa shape index (κ2) is 9.57. The molecule has 0 radical (unpaired) electrons. The number of alkyl halides is 2. The second-order valence-electron chi connectivity index (χ2n) is 6.76. The van der Waals surface area contributed by atoms with Gasteiger partial charge in [0.15, 0.2) is 5.82 Å². The van der Waals surface area contributed by atoms with E-state index in [1.165, 1.54) is 6.20 Å². The van der Waals surface area contributed by atoms with E-state index in [-0.39, 0.29) is 18.4 Å². The van der Waals surface area contributed by atoms with Crippen LogP contribution in [0.3, 0.4) is 0 Å². The van der Waals surface area contributed by atoms with E-state index in [0.717, 1.165) is 17.5 Å². The number of ether oxygens (including phenoxy) is 1. The third-order valence-corrected chi connectivity index (χ3v) is 4.66. The van der Waals surface area contributed by atoms with Crippen molar-refractivity contribution in [3.05, 3.63) is 58.9 Å². The van der Waals surface area contributed by atoms with Crippen molar-refractivity contribution in [2.45, 2.75) is 32.4 Å². The SMILES string of the molecule is CNC(C)C1=C(Nc2ccnc(Cc3cnc(OC(F)F)c(F)c3)c2)CCNC1=O. The Bertz CT molecular complexity index is 952. The van der Waals surface area contributed by atoms with E-state index in [4.69, 9.17) is 0 Å². The van der Waals surface area contributed by atoms with Crippen molar-refractivity contribution >= 4 is 11.6 Å². The smallest absolute Gasteiger partial charge is 0.388 e. The Morgan fingerprint density at radius 2 is 2.10 bits per heavy atom. The molecule has 1 atom stereocenters. The van der Waals surface area contributed by atoms with Gasteiger partial charge in [0.05, 0.1) is 5.57 Å². The molecule has 3 heterocycles. The van der Waals surface area contributed by atoms with Crippen LogP contribution >= 0.6 is 0 Å². The lowest BCUT2D eigenvalue weighted by molar-refractivity contribution is -0.118. The molecule has 0 fully saturated rings. The summed E-state index contributed by atoms with van der Waals surface area (Å²) >= 11 is 0. The average molecular weight is 421 g/mol. The third kappa shape index (κ3) is 5.26. The minimum atomic E-state index is -3.14. The summed E-state index contributed by atoms with van der Waals surface area (Å²) in [6, 6.07) is 4.51. The molecule has 0 aromatic carbocycles. The first-order valence-corrected chi connectivity index (χ1v) is 9.37. The molecule has 1 aliphatic rings. The van der Waals surface area contributed by atoms with Crippen LogP contribution in [0.5, 0.6) is 5.88 Å². The maximum absolute atomic E-state index is 13.9. The van der Waals surface area contributed by atoms with Crippen molar-refractivity contribution in [2.75, 3.05) is 18.9 Å². The number of likely N-dealkylation sites (N-methyl/N-ethyl adjacent to an activating group) is 1. The molecule has 3 rings (SSSR count). The largest absolute Gasteiger partial charge is 0.414 e. The summed E-state index contributed by atoms with van der Waals surface area (Å²) in [6.45, 7) is -0.700. The molecule has 160 valence electrons. The standard InChI is InChI=1S/C20H22F3N5O2/c1-11(24-2)17-16(4-6-26-18(17)29)28-13-3-5-25-14(9-13)7-12-8-15(21)19(27-10-12)30-20(22)23/h3,5,8-11,20,24H,4,6-7H2,1-2H3,(H,25,28)(H,26,29). The van der Waals surface area contributed by atoms with Crippen molar-refractivity contribution in [1.29, 1.82) is 0 Å². The second-order valence-corrected chi connectivity index (χ2v) is 6.76. The van der Waals surface area contributed by atoms with Crippen LogP contribution in [0.2, 0.25) is 0 Å². The van der Waals surface area contributed by atoms with E-state index in [1.54, 1.807) is 25.4 Å². The molecule has 0 spiro atoms. The van der Waals surface area contributed by atoms with Crippen LogP contribution < -0.4 is 20.7 Å². The monoisotopic (exact) mass is 421 g/mol. The molecular weight excluding hydrogens is 399 g/mol. The fraction of sp³-hybridized carbons (Fsp3) is 0.350. The van der Waals surface area contributed by atoms with Crippen LogP contribution in [0.25, 0.3) is 0 Å². The number of carbonyl (C=O) groups is 1. The molecule has 7 nitrogen and oxygen atoms in total. The fourth-order valence-corrected chi connectivity index (χ4v) is 3.17. The van der Waals surface area contributed by atoms with Crippen molar-refractivity contribution in [1.82, 2.24) is 20.6 Å². The molecule has 2 aromatic heterocycles. The molecule has 0 aliphatic carbocycles. The Labute approximate surface area is 171 Å². The zero-order valence-electron chi connectivity index (χ0n) is 16.5. The Hall–Kier alpha value is -3.14. The number of rotatable bonds is 8. The van der Waals surface area contributed by atoms with Crippen LogP contribution in [0.15, 0.2) is 41.9 Å². The highest BCUT2D eigenvalue weighted by Gasteiger charge is 2.24. The van der Waals surface area contributed by atoms with Crippen LogP contribution in [0, 0.1) is 5.82 Å². The normalized spacial score (nSPS) is 15.2. The Morgan fingerprint density at radius 3 is 2.80 bits per heavy atom. The van der Waals surface area contributed by atoms with Gasteiger partial charge in [0, 0.05) is 54.9 Å². The van der Waals surface area contributed by atoms with Gasteiger partial charge in [-0.05, 0) is 37.7 Å². The van der Waals surface area contributed by atoms with Crippen molar-refractivity contribution in [2.24, 2.45) is 0 Å². The van der Waals surface area contributed by atoms with Crippen LogP contribution in [0.4, 0.5) is 18.9 Å². The van der Waals surface area contributed by atoms with Crippen molar-refractivity contribution in [3.63, 3.8) is 0 Å². The molecule has 10 heteroatoms. The van der Waals surface area contributed by atoms with Crippen LogP contribution in [-0.4, -0.2) is 42.1 Å². The Morgan fingerprint density at radius 1 is 1.30 bits per heavy atom. The number of carbonyl (C=O) groups excluding carboxylic acids is 1. The van der Waals surface area contributed by atoms with Gasteiger partial charge in [-0.15, -0.1) is 0 Å². The van der Waals surface area contributed by atoms with Gasteiger partial charge in [-0.3, -0.25) is 9.78 Å². The summed E-state index contributed by atoms with van der Waals surface area (Å²) in [6.07, 6.45) is 3.77. The van der Waals surface area contributed by atoms with Gasteiger partial charge in [-0.2, -0.15) is 8.78 Å². The van der Waals surface area contributed by atoms with Crippen LogP contribution in [-0.2, 0) is 11.2 Å². The van der Waals surface area contributed by atoms with Gasteiger partial charge in [-0.25, -0.2) is 9.37 Å². The number of nitrogens with zero attached hydrogens (tertiary/aromatic N) is 2. The average Bonchev–Trinajstić information content (AvgIpc) is 2.70. The van der Waals surface area contributed by atoms with E-state index < -0.39 is 18.3 Å². The molecule has 3 N–H and O–H groups in total. The molecule has 30 heavy (non-hydrogen) atoms. The maximum atomic E-state index is 13.9. The van der Waals surface area contributed by atoms with Gasteiger partial charge in [0.1, 0.15) is 0 Å².